The molecule has 0 amide bonds. The first-order chi connectivity index (χ1) is 6.11. The molecule has 0 aromatic carbocycles. The Bertz CT molecular complexity index is 310. The Morgan fingerprint density at radius 1 is 1.46 bits per heavy atom. The largest absolute Gasteiger partial charge is 0.468 e. The third-order valence-corrected chi connectivity index (χ3v) is 3.65. The van der Waals surface area contributed by atoms with Crippen LogP contribution in [-0.2, 0) is 19.8 Å². The number of furan rings is 1. The highest BCUT2D eigenvalue weighted by atomic mass is 31.2. The lowest BCUT2D eigenvalue weighted by atomic mass is 10.3. The number of hydrogen-bond acceptors (Lipinski definition) is 4. The van der Waals surface area contributed by atoms with Gasteiger partial charge in [0.2, 0.25) is 0 Å². The van der Waals surface area contributed by atoms with E-state index in [0.717, 1.165) is 5.56 Å². The van der Waals surface area contributed by atoms with Gasteiger partial charge in [0.15, 0.2) is 0 Å². The van der Waals surface area contributed by atoms with Crippen molar-refractivity contribution in [3.05, 3.63) is 23.7 Å². The van der Waals surface area contributed by atoms with Crippen molar-refractivity contribution in [1.82, 2.24) is 0 Å². The van der Waals surface area contributed by atoms with Crippen LogP contribution in [0.5, 0.6) is 0 Å². The van der Waals surface area contributed by atoms with Gasteiger partial charge in [-0.3, -0.25) is 4.57 Å². The maximum Gasteiger partial charge on any atom is 0.337 e. The van der Waals surface area contributed by atoms with E-state index in [1.54, 1.807) is 6.26 Å². The third kappa shape index (κ3) is 2.44. The van der Waals surface area contributed by atoms with Crippen LogP contribution in [0.2, 0.25) is 0 Å². The first kappa shape index (κ1) is 10.5. The molecule has 0 fully saturated rings. The zero-order valence-corrected chi connectivity index (χ0v) is 8.84. The molecule has 1 aromatic heterocycles. The lowest BCUT2D eigenvalue weighted by Crippen LogP contribution is -1.93. The molecule has 0 saturated heterocycles. The van der Waals surface area contributed by atoms with Crippen molar-refractivity contribution in [2.24, 2.45) is 0 Å². The van der Waals surface area contributed by atoms with Gasteiger partial charge in [0.25, 0.3) is 0 Å². The summed E-state index contributed by atoms with van der Waals surface area (Å²) in [6.07, 6.45) is 1.74. The molecule has 0 radical (unpaired) electrons. The van der Waals surface area contributed by atoms with E-state index < -0.39 is 7.60 Å². The highest BCUT2D eigenvalue weighted by molar-refractivity contribution is 7.52. The first-order valence-corrected chi connectivity index (χ1v) is 5.57. The molecule has 0 saturated carbocycles. The Balaban J connectivity index is 2.79. The highest BCUT2D eigenvalue weighted by Crippen LogP contribution is 2.50. The summed E-state index contributed by atoms with van der Waals surface area (Å²) < 4.78 is 26.4. The Kier molecular flexibility index (Phi) is 3.31. The standard InChI is InChI=1S/C8H13O4P/c1-7-4-5-12-8(7)6-13(9,10-2)11-3/h4-5H,6H2,1-3H3. The van der Waals surface area contributed by atoms with E-state index in [1.165, 1.54) is 14.2 Å². The second-order valence-corrected chi connectivity index (χ2v) is 4.93. The predicted octanol–water partition coefficient (Wildman–Crippen LogP) is 2.57. The van der Waals surface area contributed by atoms with Gasteiger partial charge in [-0.2, -0.15) is 0 Å². The summed E-state index contributed by atoms with van der Waals surface area (Å²) in [5.41, 5.74) is 0.953. The molecule has 5 heteroatoms. The van der Waals surface area contributed by atoms with Crippen molar-refractivity contribution in [2.75, 3.05) is 14.2 Å². The fraction of sp³-hybridized carbons (Fsp3) is 0.500. The topological polar surface area (TPSA) is 48.7 Å². The van der Waals surface area contributed by atoms with E-state index >= 15 is 0 Å². The average molecular weight is 204 g/mol. The van der Waals surface area contributed by atoms with Crippen molar-refractivity contribution in [3.8, 4) is 0 Å². The van der Waals surface area contributed by atoms with Crippen LogP contribution in [0.15, 0.2) is 16.7 Å². The summed E-state index contributed by atoms with van der Waals surface area (Å²) in [5, 5.41) is 0. The van der Waals surface area contributed by atoms with Gasteiger partial charge in [0, 0.05) is 14.2 Å². The van der Waals surface area contributed by atoms with E-state index in [1.807, 2.05) is 13.0 Å². The number of aryl methyl sites for hydroxylation is 1. The van der Waals surface area contributed by atoms with Crippen LogP contribution in [0, 0.1) is 6.92 Å². The van der Waals surface area contributed by atoms with Gasteiger partial charge < -0.3 is 13.5 Å². The van der Waals surface area contributed by atoms with Crippen molar-refractivity contribution in [1.29, 1.82) is 0 Å². The summed E-state index contributed by atoms with van der Waals surface area (Å²) >= 11 is 0. The molecule has 0 N–H and O–H groups in total. The quantitative estimate of drug-likeness (QED) is 0.707. The lowest BCUT2D eigenvalue weighted by molar-refractivity contribution is 0.272. The van der Waals surface area contributed by atoms with Crippen LogP contribution in [-0.4, -0.2) is 14.2 Å². The summed E-state index contributed by atoms with van der Waals surface area (Å²) in [6, 6.07) is 1.81. The van der Waals surface area contributed by atoms with E-state index in [9.17, 15) is 4.57 Å². The first-order valence-electron chi connectivity index (χ1n) is 3.85. The Hall–Kier alpha value is -0.570. The van der Waals surface area contributed by atoms with Crippen LogP contribution in [0.25, 0.3) is 0 Å². The van der Waals surface area contributed by atoms with Crippen molar-refractivity contribution < 1.29 is 18.0 Å². The maximum absolute atomic E-state index is 11.7. The average Bonchev–Trinajstić information content (AvgIpc) is 2.52. The van der Waals surface area contributed by atoms with Crippen molar-refractivity contribution in [3.63, 3.8) is 0 Å². The molecule has 0 aliphatic rings. The lowest BCUT2D eigenvalue weighted by Gasteiger charge is -2.11. The second kappa shape index (κ2) is 4.09. The van der Waals surface area contributed by atoms with Crippen molar-refractivity contribution in [2.45, 2.75) is 13.1 Å². The smallest absolute Gasteiger partial charge is 0.337 e. The Morgan fingerprint density at radius 2 is 2.08 bits per heavy atom. The van der Waals surface area contributed by atoms with Crippen LogP contribution >= 0.6 is 7.60 Å². The molecule has 0 unspecified atom stereocenters. The Morgan fingerprint density at radius 3 is 2.46 bits per heavy atom. The van der Waals surface area contributed by atoms with Gasteiger partial charge >= 0.3 is 7.60 Å². The van der Waals surface area contributed by atoms with Gasteiger partial charge in [-0.05, 0) is 18.6 Å². The van der Waals surface area contributed by atoms with Crippen LogP contribution in [0.3, 0.4) is 0 Å². The molecule has 0 atom stereocenters. The monoisotopic (exact) mass is 204 g/mol. The normalized spacial score (nSPS) is 11.9. The fourth-order valence-electron chi connectivity index (χ4n) is 0.946. The van der Waals surface area contributed by atoms with Gasteiger partial charge in [-0.15, -0.1) is 0 Å². The highest BCUT2D eigenvalue weighted by Gasteiger charge is 2.24. The molecule has 1 heterocycles. The second-order valence-electron chi connectivity index (χ2n) is 2.66. The molecule has 4 nitrogen and oxygen atoms in total. The molecular formula is C8H13O4P. The van der Waals surface area contributed by atoms with Gasteiger partial charge in [-0.25, -0.2) is 0 Å². The summed E-state index contributed by atoms with van der Waals surface area (Å²) in [7, 11) is -0.263. The predicted molar refractivity (Wildman–Crippen MR) is 48.8 cm³/mol. The van der Waals surface area contributed by atoms with E-state index in [2.05, 4.69) is 0 Å². The molecule has 13 heavy (non-hydrogen) atoms. The molecule has 74 valence electrons. The van der Waals surface area contributed by atoms with Crippen LogP contribution in [0.1, 0.15) is 11.3 Å². The van der Waals surface area contributed by atoms with E-state index in [4.69, 9.17) is 13.5 Å². The molecule has 0 aliphatic carbocycles. The molecule has 0 bridgehead atoms. The SMILES string of the molecule is COP(=O)(Cc1occc1C)OC. The van der Waals surface area contributed by atoms with Gasteiger partial charge in [0.1, 0.15) is 11.9 Å². The molecule has 0 aliphatic heterocycles. The minimum atomic E-state index is -2.99. The fourth-order valence-corrected chi connectivity index (χ4v) is 2.03. The summed E-state index contributed by atoms with van der Waals surface area (Å²) in [4.78, 5) is 0. The molecule has 1 rings (SSSR count). The zero-order valence-electron chi connectivity index (χ0n) is 7.94. The molecular weight excluding hydrogens is 191 g/mol. The minimum Gasteiger partial charge on any atom is -0.468 e. The summed E-state index contributed by atoms with van der Waals surface area (Å²) in [5.74, 6) is 0.645. The maximum atomic E-state index is 11.7. The number of rotatable bonds is 4. The zero-order chi connectivity index (χ0) is 9.90. The van der Waals surface area contributed by atoms with Crippen LogP contribution < -0.4 is 0 Å². The number of hydrogen-bond donors (Lipinski definition) is 0. The molecule has 1 aromatic rings. The van der Waals surface area contributed by atoms with Gasteiger partial charge in [-0.1, -0.05) is 0 Å². The van der Waals surface area contributed by atoms with E-state index in [-0.39, 0.29) is 6.16 Å². The van der Waals surface area contributed by atoms with E-state index in [0.29, 0.717) is 5.76 Å². The third-order valence-electron chi connectivity index (χ3n) is 1.86. The summed E-state index contributed by atoms with van der Waals surface area (Å²) in [6.45, 7) is 1.88. The van der Waals surface area contributed by atoms with Crippen molar-refractivity contribution >= 4 is 7.60 Å². The van der Waals surface area contributed by atoms with Gasteiger partial charge in [0.05, 0.1) is 6.26 Å². The van der Waals surface area contributed by atoms with Crippen LogP contribution in [0.4, 0.5) is 0 Å². The minimum absolute atomic E-state index is 0.179. The molecule has 0 spiro atoms. The Labute approximate surface area is 77.4 Å².